The summed E-state index contributed by atoms with van der Waals surface area (Å²) in [5.41, 5.74) is 1.36. The van der Waals surface area contributed by atoms with Crippen molar-refractivity contribution < 1.29 is 35.1 Å². The fraction of sp³-hybridized carbons (Fsp3) is 0.364. The normalized spacial score (nSPS) is 15.7. The largest absolute Gasteiger partial charge is 0.433 e. The first-order valence-corrected chi connectivity index (χ1v) is 12.0. The highest BCUT2D eigenvalue weighted by molar-refractivity contribution is 7.89. The molecule has 0 aliphatic heterocycles. The van der Waals surface area contributed by atoms with Crippen LogP contribution in [0.25, 0.3) is 22.3 Å². The molecule has 35 heavy (non-hydrogen) atoms. The number of nitriles is 1. The summed E-state index contributed by atoms with van der Waals surface area (Å²) in [6.45, 7) is -2.38. The molecule has 0 amide bonds. The fourth-order valence-electron chi connectivity index (χ4n) is 3.89. The zero-order valence-electron chi connectivity index (χ0n) is 18.2. The third-order valence-corrected chi connectivity index (χ3v) is 7.41. The molecule has 2 aromatic heterocycles. The summed E-state index contributed by atoms with van der Waals surface area (Å²) in [6.07, 6.45) is -1.08. The first kappa shape index (κ1) is 24.9. The molecular formula is C22H19F5N4O3S. The van der Waals surface area contributed by atoms with Gasteiger partial charge in [-0.2, -0.15) is 31.9 Å². The number of ether oxygens (including phenoxy) is 1. The zero-order chi connectivity index (χ0) is 25.5. The highest BCUT2D eigenvalue weighted by Crippen LogP contribution is 2.42. The second kappa shape index (κ2) is 9.09. The Morgan fingerprint density at radius 1 is 1.23 bits per heavy atom. The second-order valence-electron chi connectivity index (χ2n) is 8.12. The van der Waals surface area contributed by atoms with Gasteiger partial charge in [0, 0.05) is 11.4 Å². The van der Waals surface area contributed by atoms with Gasteiger partial charge in [0.25, 0.3) is 0 Å². The molecule has 1 fully saturated rings. The summed E-state index contributed by atoms with van der Waals surface area (Å²) >= 11 is 0. The lowest BCUT2D eigenvalue weighted by atomic mass is 9.92. The van der Waals surface area contributed by atoms with Crippen LogP contribution in [0.5, 0.6) is 5.75 Å². The molecule has 1 saturated carbocycles. The van der Waals surface area contributed by atoms with Crippen LogP contribution in [0.4, 0.5) is 22.0 Å². The van der Waals surface area contributed by atoms with E-state index in [9.17, 15) is 35.6 Å². The smallest absolute Gasteiger partial charge is 0.404 e. The van der Waals surface area contributed by atoms with Crippen LogP contribution in [0, 0.1) is 11.3 Å². The molecule has 1 atom stereocenters. The van der Waals surface area contributed by atoms with Crippen LogP contribution in [-0.2, 0) is 10.0 Å². The Morgan fingerprint density at radius 3 is 2.40 bits per heavy atom. The average Bonchev–Trinajstić information content (AvgIpc) is 3.04. The number of nitrogens with one attached hydrogen (secondary N) is 1. The highest BCUT2D eigenvalue weighted by atomic mass is 32.2. The SMILES string of the molecule is C[C@H](NS(=O)(=O)c1ccc(-c2c(C#N)c3cc(OC(F)F)cnc3n2C2CCC2)cc1)C(F)(F)F. The topological polar surface area (TPSA) is 97.0 Å². The molecule has 0 bridgehead atoms. The number of sulfonamides is 1. The van der Waals surface area contributed by atoms with Crippen molar-refractivity contribution in [2.45, 2.75) is 56.0 Å². The Morgan fingerprint density at radius 2 is 1.89 bits per heavy atom. The molecule has 0 radical (unpaired) electrons. The second-order valence-corrected chi connectivity index (χ2v) is 9.83. The average molecular weight is 514 g/mol. The van der Waals surface area contributed by atoms with Crippen molar-refractivity contribution in [3.05, 3.63) is 42.1 Å². The Hall–Kier alpha value is -3.24. The van der Waals surface area contributed by atoms with Gasteiger partial charge in [-0.1, -0.05) is 12.1 Å². The van der Waals surface area contributed by atoms with E-state index in [1.807, 2.05) is 4.57 Å². The lowest BCUT2D eigenvalue weighted by molar-refractivity contribution is -0.147. The number of hydrogen-bond donors (Lipinski definition) is 1. The number of benzene rings is 1. The number of pyridine rings is 1. The van der Waals surface area contributed by atoms with Crippen molar-refractivity contribution in [3.63, 3.8) is 0 Å². The highest BCUT2D eigenvalue weighted by Gasteiger charge is 2.39. The van der Waals surface area contributed by atoms with Crippen molar-refractivity contribution in [1.29, 1.82) is 5.26 Å². The molecule has 1 aromatic carbocycles. The Labute approximate surface area is 197 Å². The molecule has 7 nitrogen and oxygen atoms in total. The van der Waals surface area contributed by atoms with E-state index < -0.39 is 28.9 Å². The van der Waals surface area contributed by atoms with Crippen LogP contribution in [0.3, 0.4) is 0 Å². The van der Waals surface area contributed by atoms with Crippen molar-refractivity contribution in [3.8, 4) is 23.1 Å². The molecule has 3 aromatic rings. The minimum atomic E-state index is -4.75. The molecule has 4 rings (SSSR count). The van der Waals surface area contributed by atoms with E-state index in [1.54, 1.807) is 4.72 Å². The van der Waals surface area contributed by atoms with E-state index >= 15 is 0 Å². The van der Waals surface area contributed by atoms with Crippen LogP contribution < -0.4 is 9.46 Å². The Bertz CT molecular complexity index is 1390. The van der Waals surface area contributed by atoms with Gasteiger partial charge >= 0.3 is 12.8 Å². The summed E-state index contributed by atoms with van der Waals surface area (Å²) in [5, 5.41) is 10.2. The van der Waals surface area contributed by atoms with Gasteiger partial charge in [0.05, 0.1) is 22.3 Å². The van der Waals surface area contributed by atoms with Crippen molar-refractivity contribution >= 4 is 21.1 Å². The lowest BCUT2D eigenvalue weighted by Gasteiger charge is -2.29. The van der Waals surface area contributed by atoms with Crippen LogP contribution in [0.2, 0.25) is 0 Å². The van der Waals surface area contributed by atoms with Gasteiger partial charge in [-0.25, -0.2) is 13.4 Å². The lowest BCUT2D eigenvalue weighted by Crippen LogP contribution is -2.42. The molecule has 0 spiro atoms. The zero-order valence-corrected chi connectivity index (χ0v) is 19.0. The summed E-state index contributed by atoms with van der Waals surface area (Å²) in [5.74, 6) is -0.215. The monoisotopic (exact) mass is 514 g/mol. The van der Waals surface area contributed by atoms with Crippen LogP contribution in [-0.4, -0.2) is 36.8 Å². The van der Waals surface area contributed by atoms with Gasteiger partial charge in [0.15, 0.2) is 0 Å². The van der Waals surface area contributed by atoms with Crippen LogP contribution >= 0.6 is 0 Å². The molecule has 1 aliphatic carbocycles. The van der Waals surface area contributed by atoms with E-state index in [2.05, 4.69) is 15.8 Å². The summed E-state index contributed by atoms with van der Waals surface area (Å²) in [4.78, 5) is 3.86. The van der Waals surface area contributed by atoms with Crippen LogP contribution in [0.15, 0.2) is 41.4 Å². The quantitative estimate of drug-likeness (QED) is 0.441. The van der Waals surface area contributed by atoms with Crippen molar-refractivity contribution in [1.82, 2.24) is 14.3 Å². The predicted octanol–water partition coefficient (Wildman–Crippen LogP) is 5.13. The molecule has 0 unspecified atom stereocenters. The van der Waals surface area contributed by atoms with E-state index in [4.69, 9.17) is 0 Å². The number of rotatable bonds is 7. The molecular weight excluding hydrogens is 495 g/mol. The molecule has 1 aliphatic rings. The van der Waals surface area contributed by atoms with Crippen molar-refractivity contribution in [2.24, 2.45) is 0 Å². The van der Waals surface area contributed by atoms with Gasteiger partial charge < -0.3 is 9.30 Å². The van der Waals surface area contributed by atoms with Crippen molar-refractivity contribution in [2.75, 3.05) is 0 Å². The number of alkyl halides is 5. The summed E-state index contributed by atoms with van der Waals surface area (Å²) in [7, 11) is -4.46. The standard InChI is InChI=1S/C22H19F5N4O3S/c1-12(22(25,26)27)30-35(32,33)16-7-5-13(6-8-16)19-18(10-28)17-9-15(34-21(23)24)11-29-20(17)31(19)14-3-2-4-14/h5-9,11-12,14,21,30H,2-4H2,1H3/t12-/m0/s1. The summed E-state index contributed by atoms with van der Waals surface area (Å²) in [6, 6.07) is 6.12. The predicted molar refractivity (Wildman–Crippen MR) is 115 cm³/mol. The molecule has 1 N–H and O–H groups in total. The van der Waals surface area contributed by atoms with E-state index in [-0.39, 0.29) is 22.3 Å². The number of fused-ring (bicyclic) bond motifs is 1. The van der Waals surface area contributed by atoms with E-state index in [1.165, 1.54) is 18.2 Å². The first-order chi connectivity index (χ1) is 16.4. The number of aromatic nitrogens is 2. The minimum Gasteiger partial charge on any atom is -0.433 e. The molecule has 0 saturated heterocycles. The maximum Gasteiger partial charge on any atom is 0.404 e. The molecule has 2 heterocycles. The minimum absolute atomic E-state index is 0.0123. The summed E-state index contributed by atoms with van der Waals surface area (Å²) < 4.78 is 96.4. The molecule has 186 valence electrons. The number of halogens is 5. The van der Waals surface area contributed by atoms with Gasteiger partial charge in [0.2, 0.25) is 10.0 Å². The van der Waals surface area contributed by atoms with Crippen LogP contribution in [0.1, 0.15) is 37.8 Å². The maximum absolute atomic E-state index is 12.8. The Kier molecular flexibility index (Phi) is 6.46. The third-order valence-electron chi connectivity index (χ3n) is 5.85. The van der Waals surface area contributed by atoms with Gasteiger partial charge in [-0.3, -0.25) is 0 Å². The Balaban J connectivity index is 1.80. The van der Waals surface area contributed by atoms with Gasteiger partial charge in [0.1, 0.15) is 23.5 Å². The van der Waals surface area contributed by atoms with Gasteiger partial charge in [-0.05, 0) is 49.9 Å². The van der Waals surface area contributed by atoms with Gasteiger partial charge in [-0.15, -0.1) is 0 Å². The number of hydrogen-bond acceptors (Lipinski definition) is 5. The molecule has 13 heteroatoms. The maximum atomic E-state index is 12.8. The first-order valence-electron chi connectivity index (χ1n) is 10.5. The fourth-order valence-corrected chi connectivity index (χ4v) is 5.12. The number of nitrogens with zero attached hydrogens (tertiary/aromatic N) is 3. The van der Waals surface area contributed by atoms with E-state index in [0.29, 0.717) is 29.2 Å². The third kappa shape index (κ3) is 4.81. The van der Waals surface area contributed by atoms with E-state index in [0.717, 1.165) is 37.6 Å².